The van der Waals surface area contributed by atoms with Crippen molar-refractivity contribution in [1.29, 1.82) is 0 Å². The van der Waals surface area contributed by atoms with Crippen LogP contribution in [0.4, 0.5) is 10.8 Å². The molecule has 38 heavy (non-hydrogen) atoms. The summed E-state index contributed by atoms with van der Waals surface area (Å²) in [6, 6.07) is 4.13. The van der Waals surface area contributed by atoms with Gasteiger partial charge in [0.05, 0.1) is 6.26 Å². The number of nitrogens with one attached hydrogen (secondary N) is 2. The highest BCUT2D eigenvalue weighted by Gasteiger charge is 2.54. The third-order valence-corrected chi connectivity index (χ3v) is 8.18. The first-order chi connectivity index (χ1) is 17.9. The Balaban J connectivity index is 1.55. The van der Waals surface area contributed by atoms with Gasteiger partial charge in [-0.25, -0.2) is 18.2 Å². The van der Waals surface area contributed by atoms with Crippen LogP contribution in [0.3, 0.4) is 0 Å². The van der Waals surface area contributed by atoms with Gasteiger partial charge in [-0.05, 0) is 42.2 Å². The Morgan fingerprint density at radius 1 is 1.34 bits per heavy atom. The van der Waals surface area contributed by atoms with E-state index < -0.39 is 39.2 Å². The van der Waals surface area contributed by atoms with Crippen molar-refractivity contribution in [2.24, 2.45) is 5.16 Å². The van der Waals surface area contributed by atoms with E-state index in [0.717, 1.165) is 28.1 Å². The molecule has 1 saturated heterocycles. The number of aryl methyl sites for hydroxylation is 1. The van der Waals surface area contributed by atoms with Gasteiger partial charge in [0.1, 0.15) is 29.9 Å². The number of anilines is 2. The minimum Gasteiger partial charge on any atom is -0.477 e. The summed E-state index contributed by atoms with van der Waals surface area (Å²) in [5.41, 5.74) is 7.83. The monoisotopic (exact) mass is 580 g/mol. The fourth-order valence-corrected chi connectivity index (χ4v) is 6.64. The molecule has 202 valence electrons. The maximum Gasteiger partial charge on any atom is 0.352 e. The molecule has 1 aromatic carbocycles. The van der Waals surface area contributed by atoms with E-state index in [4.69, 9.17) is 10.6 Å². The van der Waals surface area contributed by atoms with Crippen molar-refractivity contribution >= 4 is 67.4 Å². The van der Waals surface area contributed by atoms with Crippen molar-refractivity contribution in [1.82, 2.24) is 15.2 Å². The first-order valence-corrected chi connectivity index (χ1v) is 14.8. The molecule has 1 fully saturated rings. The second kappa shape index (κ2) is 10.6. The number of nitrogen functional groups attached to an aromatic ring is 1. The average Bonchev–Trinajstić information content (AvgIpc) is 3.24. The third-order valence-electron chi connectivity index (χ3n) is 5.56. The number of oxime groups is 1. The Morgan fingerprint density at radius 3 is 2.68 bits per heavy atom. The highest BCUT2D eigenvalue weighted by Crippen LogP contribution is 2.41. The van der Waals surface area contributed by atoms with Gasteiger partial charge < -0.3 is 21.0 Å². The van der Waals surface area contributed by atoms with E-state index in [1.807, 2.05) is 6.07 Å². The minimum absolute atomic E-state index is 0.151. The molecule has 5 N–H and O–H groups in total. The smallest absolute Gasteiger partial charge is 0.352 e. The van der Waals surface area contributed by atoms with Crippen LogP contribution in [0.5, 0.6) is 0 Å². The van der Waals surface area contributed by atoms with E-state index in [9.17, 15) is 27.9 Å². The van der Waals surface area contributed by atoms with Gasteiger partial charge in [0, 0.05) is 16.8 Å². The van der Waals surface area contributed by atoms with Crippen molar-refractivity contribution in [3.63, 3.8) is 0 Å². The predicted octanol–water partition coefficient (Wildman–Crippen LogP) is 0.737. The number of carbonyl (C=O) groups excluding carboxylic acids is 2. The van der Waals surface area contributed by atoms with Crippen LogP contribution in [0.2, 0.25) is 0 Å². The molecule has 0 radical (unpaired) electrons. The van der Waals surface area contributed by atoms with E-state index >= 15 is 0 Å². The minimum atomic E-state index is -3.50. The number of amides is 2. The molecule has 0 saturated carbocycles. The Hall–Kier alpha value is -3.63. The Kier molecular flexibility index (Phi) is 7.66. The largest absolute Gasteiger partial charge is 0.477 e. The molecule has 4 rings (SSSR count). The summed E-state index contributed by atoms with van der Waals surface area (Å²) >= 11 is 2.42. The number of hydrogen-bond acceptors (Lipinski definition) is 11. The van der Waals surface area contributed by atoms with E-state index in [-0.39, 0.29) is 34.4 Å². The molecule has 16 heteroatoms. The topological polar surface area (TPSA) is 193 Å². The number of hydrogen-bond donors (Lipinski definition) is 4. The van der Waals surface area contributed by atoms with Crippen LogP contribution in [-0.4, -0.2) is 77.4 Å². The summed E-state index contributed by atoms with van der Waals surface area (Å²) in [4.78, 5) is 48.1. The fourth-order valence-electron chi connectivity index (χ4n) is 4.20. The molecule has 0 aliphatic carbocycles. The van der Waals surface area contributed by atoms with Crippen LogP contribution in [0, 0.1) is 6.92 Å². The third kappa shape index (κ3) is 5.76. The van der Waals surface area contributed by atoms with Gasteiger partial charge >= 0.3 is 5.97 Å². The van der Waals surface area contributed by atoms with Crippen molar-refractivity contribution in [3.8, 4) is 0 Å². The Labute approximate surface area is 226 Å². The van der Waals surface area contributed by atoms with E-state index in [2.05, 4.69) is 20.2 Å². The molecule has 0 bridgehead atoms. The zero-order valence-electron chi connectivity index (χ0n) is 20.4. The first kappa shape index (κ1) is 27.4. The standard InChI is InChI=1S/C22H24N6O7S3/c1-10-4-11(7-13(5-10)27-38(3,33)34)6-12-8-36-20-16(19(30)28(20)17(12)21(31)32)25-18(29)15(26-35-2)14-9-37-22(23)24-14/h4-5,7,9,16,20,27H,6,8H2,1-3H3,(H2,23,24)(H,25,29)(H,31,32)/b26-15+/t16-,20-/m1/s1. The molecule has 0 spiro atoms. The fraction of sp³-hybridized carbons (Fsp3) is 0.318. The molecule has 2 aromatic rings. The van der Waals surface area contributed by atoms with E-state index in [0.29, 0.717) is 16.8 Å². The molecular weight excluding hydrogens is 556 g/mol. The number of carbonyl (C=O) groups is 3. The van der Waals surface area contributed by atoms with E-state index in [1.54, 1.807) is 19.1 Å². The van der Waals surface area contributed by atoms with Gasteiger partial charge in [0.2, 0.25) is 10.0 Å². The number of benzene rings is 1. The number of thiazole rings is 1. The molecule has 2 atom stereocenters. The number of aliphatic carboxylic acids is 1. The number of β-lactam (4-membered cyclic amide) rings is 1. The number of carboxylic acid groups (broad SMARTS) is 1. The molecule has 2 aliphatic rings. The normalized spacial score (nSPS) is 19.5. The Bertz CT molecular complexity index is 1480. The maximum absolute atomic E-state index is 13.0. The lowest BCUT2D eigenvalue weighted by Gasteiger charge is -2.49. The van der Waals surface area contributed by atoms with Gasteiger partial charge in [0.25, 0.3) is 11.8 Å². The van der Waals surface area contributed by atoms with Gasteiger partial charge in [-0.1, -0.05) is 11.2 Å². The average molecular weight is 581 g/mol. The second-order valence-corrected chi connectivity index (χ2v) is 12.3. The summed E-state index contributed by atoms with van der Waals surface area (Å²) in [6.45, 7) is 1.79. The number of nitrogens with two attached hydrogens (primary N) is 1. The lowest BCUT2D eigenvalue weighted by molar-refractivity contribution is -0.150. The van der Waals surface area contributed by atoms with Crippen LogP contribution in [0.15, 0.2) is 40.0 Å². The SMILES string of the molecule is CO/N=C(/C(=O)N[C@@H]1C(=O)N2C(C(=O)O)=C(Cc3cc(C)cc(NS(C)(=O)=O)c3)CS[C@H]12)c1csc(N)n1. The molecule has 2 amide bonds. The summed E-state index contributed by atoms with van der Waals surface area (Å²) in [6.07, 6.45) is 1.23. The zero-order chi connectivity index (χ0) is 27.8. The molecule has 0 unspecified atom stereocenters. The molecule has 1 aromatic heterocycles. The summed E-state index contributed by atoms with van der Waals surface area (Å²) in [5.74, 6) is -2.28. The van der Waals surface area contributed by atoms with Crippen LogP contribution in [0.1, 0.15) is 16.8 Å². The maximum atomic E-state index is 13.0. The molecular formula is C22H24N6O7S3. The highest BCUT2D eigenvalue weighted by atomic mass is 32.2. The Morgan fingerprint density at radius 2 is 2.08 bits per heavy atom. The van der Waals surface area contributed by atoms with Crippen LogP contribution in [-0.2, 0) is 35.7 Å². The lowest BCUT2D eigenvalue weighted by atomic mass is 9.97. The van der Waals surface area contributed by atoms with E-state index in [1.165, 1.54) is 24.3 Å². The van der Waals surface area contributed by atoms with Crippen LogP contribution >= 0.6 is 23.1 Å². The number of carboxylic acids is 1. The highest BCUT2D eigenvalue weighted by molar-refractivity contribution is 8.00. The number of aromatic nitrogens is 1. The van der Waals surface area contributed by atoms with Crippen molar-refractivity contribution in [2.45, 2.75) is 24.8 Å². The van der Waals surface area contributed by atoms with Crippen molar-refractivity contribution in [3.05, 3.63) is 51.7 Å². The summed E-state index contributed by atoms with van der Waals surface area (Å²) < 4.78 is 25.7. The number of thioether (sulfide) groups is 1. The summed E-state index contributed by atoms with van der Waals surface area (Å²) in [5, 5.41) is 17.4. The van der Waals surface area contributed by atoms with Crippen molar-refractivity contribution < 1.29 is 32.7 Å². The van der Waals surface area contributed by atoms with Gasteiger partial charge in [0.15, 0.2) is 10.8 Å². The quantitative estimate of drug-likeness (QED) is 0.187. The summed E-state index contributed by atoms with van der Waals surface area (Å²) in [7, 11) is -2.24. The van der Waals surface area contributed by atoms with Gasteiger partial charge in [-0.3, -0.25) is 19.2 Å². The first-order valence-electron chi connectivity index (χ1n) is 11.0. The number of fused-ring (bicyclic) bond motifs is 1. The number of rotatable bonds is 9. The predicted molar refractivity (Wildman–Crippen MR) is 143 cm³/mol. The van der Waals surface area contributed by atoms with Gasteiger partial charge in [-0.15, -0.1) is 23.1 Å². The van der Waals surface area contributed by atoms with Crippen molar-refractivity contribution in [2.75, 3.05) is 29.6 Å². The molecule has 13 nitrogen and oxygen atoms in total. The van der Waals surface area contributed by atoms with Crippen LogP contribution < -0.4 is 15.8 Å². The molecule has 2 aliphatic heterocycles. The second-order valence-electron chi connectivity index (χ2n) is 8.57. The lowest BCUT2D eigenvalue weighted by Crippen LogP contribution is -2.71. The zero-order valence-corrected chi connectivity index (χ0v) is 22.9. The van der Waals surface area contributed by atoms with Gasteiger partial charge in [-0.2, -0.15) is 0 Å². The van der Waals surface area contributed by atoms with Crippen LogP contribution in [0.25, 0.3) is 0 Å². The molecule has 3 heterocycles. The number of nitrogens with zero attached hydrogens (tertiary/aromatic N) is 3. The number of sulfonamides is 1.